The number of nitrogens with one attached hydrogen (secondary N) is 2. The normalized spacial score (nSPS) is 16.0. The highest BCUT2D eigenvalue weighted by Crippen LogP contribution is 2.32. The first-order valence-electron chi connectivity index (χ1n) is 9.88. The fourth-order valence-corrected chi connectivity index (χ4v) is 5.46. The van der Waals surface area contributed by atoms with Crippen molar-refractivity contribution in [2.45, 2.75) is 55.2 Å². The maximum Gasteiger partial charge on any atom is 0.240 e. The molecule has 2 aromatic rings. The van der Waals surface area contributed by atoms with Crippen molar-refractivity contribution in [3.05, 3.63) is 65.2 Å². The topological polar surface area (TPSA) is 92.3 Å². The Labute approximate surface area is 173 Å². The Hall–Kier alpha value is -1.74. The van der Waals surface area contributed by atoms with Crippen molar-refractivity contribution >= 4 is 20.0 Å². The Morgan fingerprint density at radius 1 is 0.828 bits per heavy atom. The van der Waals surface area contributed by atoms with Crippen molar-refractivity contribution in [3.8, 4) is 0 Å². The van der Waals surface area contributed by atoms with Gasteiger partial charge in [0.15, 0.2) is 0 Å². The van der Waals surface area contributed by atoms with Gasteiger partial charge in [-0.05, 0) is 54.6 Å². The first-order chi connectivity index (χ1) is 13.8. The zero-order chi connectivity index (χ0) is 20.9. The summed E-state index contributed by atoms with van der Waals surface area (Å²) in [5.41, 5.74) is 2.62. The summed E-state index contributed by atoms with van der Waals surface area (Å²) in [5.74, 6) is 0.432. The van der Waals surface area contributed by atoms with E-state index in [-0.39, 0.29) is 17.2 Å². The van der Waals surface area contributed by atoms with E-state index >= 15 is 0 Å². The van der Waals surface area contributed by atoms with Crippen molar-refractivity contribution < 1.29 is 16.8 Å². The lowest BCUT2D eigenvalue weighted by Crippen LogP contribution is -2.23. The summed E-state index contributed by atoms with van der Waals surface area (Å²) in [6, 6.07) is 14.1. The summed E-state index contributed by atoms with van der Waals surface area (Å²) in [7, 11) is -5.56. The highest BCUT2D eigenvalue weighted by molar-refractivity contribution is 7.89. The van der Waals surface area contributed by atoms with Gasteiger partial charge in [0, 0.05) is 6.54 Å². The van der Waals surface area contributed by atoms with Gasteiger partial charge in [0.1, 0.15) is 0 Å². The third-order valence-electron chi connectivity index (χ3n) is 5.42. The monoisotopic (exact) mass is 436 g/mol. The first kappa shape index (κ1) is 22.0. The molecule has 158 valence electrons. The van der Waals surface area contributed by atoms with Crippen LogP contribution in [0.1, 0.15) is 54.7 Å². The Kier molecular flexibility index (Phi) is 7.10. The minimum absolute atomic E-state index is 0.108. The molecule has 1 fully saturated rings. The summed E-state index contributed by atoms with van der Waals surface area (Å²) >= 11 is 0. The van der Waals surface area contributed by atoms with Crippen LogP contribution in [0, 0.1) is 0 Å². The predicted octanol–water partition coefficient (Wildman–Crippen LogP) is 3.26. The number of hydrogen-bond acceptors (Lipinski definition) is 4. The van der Waals surface area contributed by atoms with Crippen LogP contribution in [0.15, 0.2) is 53.4 Å². The molecule has 29 heavy (non-hydrogen) atoms. The Balaban J connectivity index is 1.60. The predicted molar refractivity (Wildman–Crippen MR) is 114 cm³/mol. The molecule has 0 unspecified atom stereocenters. The third kappa shape index (κ3) is 6.12. The number of rotatable bonds is 8. The second-order valence-corrected chi connectivity index (χ2v) is 11.2. The standard InChI is InChI=1S/C21H28N2O4S2/c1-22-28(24,25)16-18-9-7-17(8-10-18)15-23-29(26,27)21-13-11-20(12-14-21)19-5-3-2-4-6-19/h7-14,19,22-23H,2-6,15-16H2,1H3. The summed E-state index contributed by atoms with van der Waals surface area (Å²) in [4.78, 5) is 0.258. The molecule has 0 amide bonds. The lowest BCUT2D eigenvalue weighted by atomic mass is 9.84. The first-order valence-corrected chi connectivity index (χ1v) is 13.0. The molecule has 6 nitrogen and oxygen atoms in total. The zero-order valence-corrected chi connectivity index (χ0v) is 18.2. The molecular weight excluding hydrogens is 408 g/mol. The summed E-state index contributed by atoms with van der Waals surface area (Å²) in [6.07, 6.45) is 6.13. The van der Waals surface area contributed by atoms with Gasteiger partial charge in [-0.15, -0.1) is 0 Å². The fraction of sp³-hybridized carbons (Fsp3) is 0.429. The van der Waals surface area contributed by atoms with Crippen molar-refractivity contribution in [2.24, 2.45) is 0 Å². The van der Waals surface area contributed by atoms with Crippen LogP contribution in [0.4, 0.5) is 0 Å². The SMILES string of the molecule is CNS(=O)(=O)Cc1ccc(CNS(=O)(=O)c2ccc(C3CCCCC3)cc2)cc1. The number of benzene rings is 2. The van der Waals surface area contributed by atoms with Gasteiger partial charge >= 0.3 is 0 Å². The van der Waals surface area contributed by atoms with E-state index < -0.39 is 20.0 Å². The zero-order valence-electron chi connectivity index (χ0n) is 16.6. The van der Waals surface area contributed by atoms with Gasteiger partial charge in [-0.25, -0.2) is 26.3 Å². The van der Waals surface area contributed by atoms with Gasteiger partial charge in [0.05, 0.1) is 10.6 Å². The number of sulfonamides is 2. The second kappa shape index (κ2) is 9.38. The van der Waals surface area contributed by atoms with Gasteiger partial charge in [0.25, 0.3) is 0 Å². The molecule has 8 heteroatoms. The second-order valence-electron chi connectivity index (χ2n) is 7.51. The number of hydrogen-bond donors (Lipinski definition) is 2. The van der Waals surface area contributed by atoms with Crippen LogP contribution in [0.2, 0.25) is 0 Å². The molecule has 0 atom stereocenters. The van der Waals surface area contributed by atoms with Crippen LogP contribution in [-0.4, -0.2) is 23.9 Å². The highest BCUT2D eigenvalue weighted by Gasteiger charge is 2.18. The van der Waals surface area contributed by atoms with Gasteiger partial charge in [-0.2, -0.15) is 0 Å². The highest BCUT2D eigenvalue weighted by atomic mass is 32.2. The van der Waals surface area contributed by atoms with E-state index in [4.69, 9.17) is 0 Å². The molecule has 2 aromatic carbocycles. The van der Waals surface area contributed by atoms with E-state index in [1.807, 2.05) is 12.1 Å². The molecule has 0 saturated heterocycles. The smallest absolute Gasteiger partial charge is 0.218 e. The average Bonchev–Trinajstić information content (AvgIpc) is 2.74. The minimum Gasteiger partial charge on any atom is -0.218 e. The molecule has 1 saturated carbocycles. The molecule has 0 radical (unpaired) electrons. The van der Waals surface area contributed by atoms with Crippen LogP contribution >= 0.6 is 0 Å². The third-order valence-corrected chi connectivity index (χ3v) is 8.18. The van der Waals surface area contributed by atoms with E-state index in [2.05, 4.69) is 9.44 Å². The van der Waals surface area contributed by atoms with Gasteiger partial charge in [0.2, 0.25) is 20.0 Å². The Morgan fingerprint density at radius 2 is 1.41 bits per heavy atom. The molecule has 2 N–H and O–H groups in total. The Bertz CT molecular complexity index is 1010. The summed E-state index contributed by atoms with van der Waals surface area (Å²) in [5, 5.41) is 0. The largest absolute Gasteiger partial charge is 0.240 e. The van der Waals surface area contributed by atoms with Crippen LogP contribution in [0.3, 0.4) is 0 Å². The van der Waals surface area contributed by atoms with Crippen molar-refractivity contribution in [2.75, 3.05) is 7.05 Å². The van der Waals surface area contributed by atoms with Crippen molar-refractivity contribution in [1.29, 1.82) is 0 Å². The van der Waals surface area contributed by atoms with E-state index in [1.54, 1.807) is 36.4 Å². The lowest BCUT2D eigenvalue weighted by Gasteiger charge is -2.22. The van der Waals surface area contributed by atoms with Crippen molar-refractivity contribution in [3.63, 3.8) is 0 Å². The van der Waals surface area contributed by atoms with Gasteiger partial charge < -0.3 is 0 Å². The van der Waals surface area contributed by atoms with Crippen molar-refractivity contribution in [1.82, 2.24) is 9.44 Å². The van der Waals surface area contributed by atoms with Crippen LogP contribution in [0.25, 0.3) is 0 Å². The molecular formula is C21H28N2O4S2. The maximum absolute atomic E-state index is 12.6. The summed E-state index contributed by atoms with van der Waals surface area (Å²) < 4.78 is 53.2. The van der Waals surface area contributed by atoms with E-state index in [9.17, 15) is 16.8 Å². The fourth-order valence-electron chi connectivity index (χ4n) is 3.66. The quantitative estimate of drug-likeness (QED) is 0.664. The maximum atomic E-state index is 12.6. The molecule has 0 heterocycles. The van der Waals surface area contributed by atoms with Gasteiger partial charge in [-0.3, -0.25) is 0 Å². The molecule has 1 aliphatic carbocycles. The molecule has 0 spiro atoms. The van der Waals surface area contributed by atoms with Crippen LogP contribution < -0.4 is 9.44 Å². The van der Waals surface area contributed by atoms with E-state index in [0.717, 1.165) is 5.56 Å². The Morgan fingerprint density at radius 3 is 2.00 bits per heavy atom. The molecule has 3 rings (SSSR count). The van der Waals surface area contributed by atoms with Crippen LogP contribution in [0.5, 0.6) is 0 Å². The van der Waals surface area contributed by atoms with E-state index in [1.165, 1.54) is 44.7 Å². The van der Waals surface area contributed by atoms with Crippen LogP contribution in [-0.2, 0) is 32.3 Å². The molecule has 1 aliphatic rings. The lowest BCUT2D eigenvalue weighted by molar-refractivity contribution is 0.443. The average molecular weight is 437 g/mol. The van der Waals surface area contributed by atoms with Gasteiger partial charge in [-0.1, -0.05) is 55.7 Å². The molecule has 0 aromatic heterocycles. The minimum atomic E-state index is -3.60. The molecule has 0 aliphatic heterocycles. The summed E-state index contributed by atoms with van der Waals surface area (Å²) in [6.45, 7) is 0.145. The van der Waals surface area contributed by atoms with E-state index in [0.29, 0.717) is 11.5 Å². The molecule has 0 bridgehead atoms.